The summed E-state index contributed by atoms with van der Waals surface area (Å²) >= 11 is 0. The molecule has 0 bridgehead atoms. The number of alkyl halides is 5. The first-order chi connectivity index (χ1) is 13.4. The molecular formula is C18H19F5N2O4. The maximum Gasteiger partial charge on any atom is 0.573 e. The molecule has 2 fully saturated rings. The van der Waals surface area contributed by atoms with Crippen molar-refractivity contribution in [3.8, 4) is 11.5 Å². The van der Waals surface area contributed by atoms with Gasteiger partial charge in [0, 0.05) is 25.9 Å². The van der Waals surface area contributed by atoms with Crippen LogP contribution in [-0.2, 0) is 4.79 Å². The summed E-state index contributed by atoms with van der Waals surface area (Å²) < 4.78 is 73.6. The topological polar surface area (TPSA) is 59.1 Å². The molecule has 11 heteroatoms. The fraction of sp³-hybridized carbons (Fsp3) is 0.556. The number of piperidine rings is 1. The molecule has 0 spiro atoms. The quantitative estimate of drug-likeness (QED) is 0.698. The minimum absolute atomic E-state index is 0.0517. The third kappa shape index (κ3) is 5.48. The standard InChI is InChI=1S/C18H19F5N2O4/c1-11-6-15(26)25(8-11)12-7-17(19,20)10-24(9-12)16(27)28-13-2-4-14(5-3-13)29-18(21,22)23/h2-5,11-12H,6-10H2,1H3/t11?,12-/m1/s1. The molecule has 2 aliphatic heterocycles. The van der Waals surface area contributed by atoms with Gasteiger partial charge >= 0.3 is 12.5 Å². The predicted octanol–water partition coefficient (Wildman–Crippen LogP) is 3.66. The van der Waals surface area contributed by atoms with Crippen molar-refractivity contribution in [2.45, 2.75) is 38.1 Å². The highest BCUT2D eigenvalue weighted by atomic mass is 19.4. The summed E-state index contributed by atoms with van der Waals surface area (Å²) in [6.45, 7) is 1.22. The van der Waals surface area contributed by atoms with E-state index in [4.69, 9.17) is 4.74 Å². The largest absolute Gasteiger partial charge is 0.573 e. The van der Waals surface area contributed by atoms with Gasteiger partial charge in [-0.1, -0.05) is 6.92 Å². The second kappa shape index (κ2) is 7.68. The van der Waals surface area contributed by atoms with Crippen LogP contribution in [-0.4, -0.2) is 59.8 Å². The third-order valence-corrected chi connectivity index (χ3v) is 4.70. The molecule has 0 radical (unpaired) electrons. The Hall–Kier alpha value is -2.59. The number of carbonyl (C=O) groups is 2. The van der Waals surface area contributed by atoms with Crippen molar-refractivity contribution < 1.29 is 41.0 Å². The Bertz CT molecular complexity index is 769. The molecule has 1 unspecified atom stereocenters. The summed E-state index contributed by atoms with van der Waals surface area (Å²) in [6, 6.07) is 3.17. The Morgan fingerprint density at radius 1 is 1.14 bits per heavy atom. The molecule has 1 aromatic carbocycles. The molecule has 2 saturated heterocycles. The second-order valence-electron chi connectivity index (χ2n) is 7.34. The zero-order valence-electron chi connectivity index (χ0n) is 15.4. The summed E-state index contributed by atoms with van der Waals surface area (Å²) in [7, 11) is 0. The highest BCUT2D eigenvalue weighted by molar-refractivity contribution is 5.79. The zero-order chi connectivity index (χ0) is 21.4. The van der Waals surface area contributed by atoms with Gasteiger partial charge in [0.15, 0.2) is 0 Å². The average molecular weight is 422 g/mol. The fourth-order valence-corrected chi connectivity index (χ4v) is 3.56. The molecule has 2 aliphatic rings. The summed E-state index contributed by atoms with van der Waals surface area (Å²) in [4.78, 5) is 26.6. The Morgan fingerprint density at radius 3 is 2.31 bits per heavy atom. The van der Waals surface area contributed by atoms with Gasteiger partial charge in [0.05, 0.1) is 12.6 Å². The third-order valence-electron chi connectivity index (χ3n) is 4.70. The van der Waals surface area contributed by atoms with E-state index in [9.17, 15) is 31.5 Å². The minimum Gasteiger partial charge on any atom is -0.410 e. The maximum atomic E-state index is 14.2. The lowest BCUT2D eigenvalue weighted by Gasteiger charge is -2.40. The normalized spacial score (nSPS) is 24.6. The number of nitrogens with zero attached hydrogens (tertiary/aromatic N) is 2. The van der Waals surface area contributed by atoms with E-state index in [0.717, 1.165) is 29.2 Å². The Morgan fingerprint density at radius 2 is 1.76 bits per heavy atom. The van der Waals surface area contributed by atoms with Crippen LogP contribution in [0.5, 0.6) is 11.5 Å². The van der Waals surface area contributed by atoms with Gasteiger partial charge in [0.2, 0.25) is 5.91 Å². The van der Waals surface area contributed by atoms with Crippen molar-refractivity contribution in [1.29, 1.82) is 0 Å². The van der Waals surface area contributed by atoms with E-state index in [-0.39, 0.29) is 30.5 Å². The highest BCUT2D eigenvalue weighted by Gasteiger charge is 2.46. The number of ether oxygens (including phenoxy) is 2. The van der Waals surface area contributed by atoms with E-state index in [0.29, 0.717) is 6.54 Å². The van der Waals surface area contributed by atoms with Crippen LogP contribution in [0.2, 0.25) is 0 Å². The Labute approximate surface area is 163 Å². The first kappa shape index (κ1) is 21.1. The van der Waals surface area contributed by atoms with E-state index in [1.54, 1.807) is 0 Å². The second-order valence-corrected chi connectivity index (χ2v) is 7.34. The van der Waals surface area contributed by atoms with Crippen molar-refractivity contribution in [1.82, 2.24) is 9.80 Å². The predicted molar refractivity (Wildman–Crippen MR) is 89.6 cm³/mol. The van der Waals surface area contributed by atoms with E-state index in [1.165, 1.54) is 4.90 Å². The number of halogens is 5. The lowest BCUT2D eigenvalue weighted by molar-refractivity contribution is -0.274. The van der Waals surface area contributed by atoms with Crippen LogP contribution in [0.15, 0.2) is 24.3 Å². The highest BCUT2D eigenvalue weighted by Crippen LogP contribution is 2.33. The van der Waals surface area contributed by atoms with E-state index in [2.05, 4.69) is 4.74 Å². The van der Waals surface area contributed by atoms with Crippen LogP contribution in [0.25, 0.3) is 0 Å². The number of hydrogen-bond donors (Lipinski definition) is 0. The Balaban J connectivity index is 1.65. The molecule has 0 N–H and O–H groups in total. The van der Waals surface area contributed by atoms with Crippen molar-refractivity contribution in [2.24, 2.45) is 5.92 Å². The molecular weight excluding hydrogens is 403 g/mol. The van der Waals surface area contributed by atoms with Crippen molar-refractivity contribution >= 4 is 12.0 Å². The van der Waals surface area contributed by atoms with Crippen LogP contribution < -0.4 is 9.47 Å². The van der Waals surface area contributed by atoms with Crippen LogP contribution in [0, 0.1) is 5.92 Å². The van der Waals surface area contributed by atoms with Gasteiger partial charge < -0.3 is 14.4 Å². The first-order valence-corrected chi connectivity index (χ1v) is 8.92. The molecule has 29 heavy (non-hydrogen) atoms. The lowest BCUT2D eigenvalue weighted by atomic mass is 10.0. The van der Waals surface area contributed by atoms with Crippen LogP contribution in [0.1, 0.15) is 19.8 Å². The number of amides is 2. The van der Waals surface area contributed by atoms with Gasteiger partial charge in [-0.15, -0.1) is 13.2 Å². The number of likely N-dealkylation sites (tertiary alicyclic amines) is 2. The van der Waals surface area contributed by atoms with Gasteiger partial charge in [0.25, 0.3) is 5.92 Å². The van der Waals surface area contributed by atoms with Gasteiger partial charge in [-0.2, -0.15) is 0 Å². The molecule has 2 amide bonds. The first-order valence-electron chi connectivity index (χ1n) is 8.92. The number of hydrogen-bond acceptors (Lipinski definition) is 4. The van der Waals surface area contributed by atoms with Gasteiger partial charge in [-0.3, -0.25) is 9.69 Å². The monoisotopic (exact) mass is 422 g/mol. The average Bonchev–Trinajstić information content (AvgIpc) is 2.92. The number of carbonyl (C=O) groups excluding carboxylic acids is 2. The lowest BCUT2D eigenvalue weighted by Crippen LogP contribution is -2.57. The zero-order valence-corrected chi connectivity index (χ0v) is 15.4. The number of benzene rings is 1. The SMILES string of the molecule is CC1CC(=O)N([C@H]2CN(C(=O)Oc3ccc(OC(F)(F)F)cc3)CC(F)(F)C2)C1. The van der Waals surface area contributed by atoms with E-state index < -0.39 is 43.1 Å². The van der Waals surface area contributed by atoms with Crippen molar-refractivity contribution in [3.63, 3.8) is 0 Å². The smallest absolute Gasteiger partial charge is 0.410 e. The molecule has 3 rings (SSSR count). The molecule has 0 saturated carbocycles. The van der Waals surface area contributed by atoms with Gasteiger partial charge in [-0.25, -0.2) is 13.6 Å². The van der Waals surface area contributed by atoms with Gasteiger partial charge in [-0.05, 0) is 30.2 Å². The van der Waals surface area contributed by atoms with Crippen LogP contribution in [0.3, 0.4) is 0 Å². The summed E-state index contributed by atoms with van der Waals surface area (Å²) in [5, 5.41) is 0. The molecule has 0 aliphatic carbocycles. The number of rotatable bonds is 3. The van der Waals surface area contributed by atoms with Crippen LogP contribution >= 0.6 is 0 Å². The summed E-state index contributed by atoms with van der Waals surface area (Å²) in [6.07, 6.45) is -6.20. The minimum atomic E-state index is -4.86. The molecule has 2 heterocycles. The molecule has 0 aromatic heterocycles. The fourth-order valence-electron chi connectivity index (χ4n) is 3.56. The Kier molecular flexibility index (Phi) is 5.59. The molecule has 2 atom stereocenters. The molecule has 1 aromatic rings. The van der Waals surface area contributed by atoms with E-state index in [1.807, 2.05) is 6.92 Å². The van der Waals surface area contributed by atoms with Crippen molar-refractivity contribution in [3.05, 3.63) is 24.3 Å². The van der Waals surface area contributed by atoms with Crippen LogP contribution in [0.4, 0.5) is 26.7 Å². The van der Waals surface area contributed by atoms with E-state index >= 15 is 0 Å². The molecule has 6 nitrogen and oxygen atoms in total. The summed E-state index contributed by atoms with van der Waals surface area (Å²) in [5.41, 5.74) is 0. The van der Waals surface area contributed by atoms with Gasteiger partial charge in [0.1, 0.15) is 11.5 Å². The molecule has 160 valence electrons. The van der Waals surface area contributed by atoms with Crippen molar-refractivity contribution in [2.75, 3.05) is 19.6 Å². The summed E-state index contributed by atoms with van der Waals surface area (Å²) in [5.74, 6) is -4.01. The maximum absolute atomic E-state index is 14.2.